The molecule has 2 rings (SSSR count). The topological polar surface area (TPSA) is 124 Å². The lowest BCUT2D eigenvalue weighted by molar-refractivity contribution is -0.288. The van der Waals surface area contributed by atoms with Crippen molar-refractivity contribution in [3.63, 3.8) is 0 Å². The summed E-state index contributed by atoms with van der Waals surface area (Å²) in [6.07, 6.45) is -6.22. The number of hydrogen-bond donors (Lipinski definition) is 0. The summed E-state index contributed by atoms with van der Waals surface area (Å²) in [7, 11) is 0. The largest absolute Gasteiger partial charge is 0.463 e. The first kappa shape index (κ1) is 26.1. The van der Waals surface area contributed by atoms with Crippen LogP contribution in [0.3, 0.4) is 0 Å². The molecule has 176 valence electrons. The average molecular weight is 582 g/mol. The van der Waals surface area contributed by atoms with Crippen LogP contribution in [0.15, 0.2) is 27.1 Å². The summed E-state index contributed by atoms with van der Waals surface area (Å²) < 4.78 is 34.2. The number of halogens is 2. The van der Waals surface area contributed by atoms with Crippen molar-refractivity contribution in [1.82, 2.24) is 0 Å². The SMILES string of the molecule is CC(=O)OC[C@@H]1O[C@H](Oc2ccc(Br)cc2Br)[C@@H](OC(C)=O)[C@H](OC(C)=O)[C@H]1OC(C)=O. The molecule has 0 saturated carbocycles. The van der Waals surface area contributed by atoms with Crippen LogP contribution in [0, 0.1) is 0 Å². The van der Waals surface area contributed by atoms with E-state index in [-0.39, 0.29) is 6.61 Å². The molecule has 1 aliphatic rings. The zero-order valence-corrected chi connectivity index (χ0v) is 20.8. The highest BCUT2D eigenvalue weighted by atomic mass is 79.9. The second-order valence-electron chi connectivity index (χ2n) is 6.76. The van der Waals surface area contributed by atoms with E-state index in [1.165, 1.54) is 6.92 Å². The van der Waals surface area contributed by atoms with E-state index in [0.29, 0.717) is 10.2 Å². The molecule has 32 heavy (non-hydrogen) atoms. The van der Waals surface area contributed by atoms with Gasteiger partial charge in [-0.05, 0) is 34.1 Å². The summed E-state index contributed by atoms with van der Waals surface area (Å²) in [6, 6.07) is 5.06. The molecule has 0 radical (unpaired) electrons. The second kappa shape index (κ2) is 11.6. The number of esters is 4. The predicted octanol–water partition coefficient (Wildman–Crippen LogP) is 2.67. The van der Waals surface area contributed by atoms with Crippen LogP contribution in [0.1, 0.15) is 27.7 Å². The first-order chi connectivity index (χ1) is 15.0. The van der Waals surface area contributed by atoms with Gasteiger partial charge in [0.25, 0.3) is 0 Å². The molecule has 0 aromatic heterocycles. The monoisotopic (exact) mass is 580 g/mol. The molecular weight excluding hydrogens is 560 g/mol. The third-order valence-corrected chi connectivity index (χ3v) is 5.20. The van der Waals surface area contributed by atoms with Crippen LogP contribution in [-0.4, -0.2) is 61.2 Å². The number of hydrogen-bond acceptors (Lipinski definition) is 10. The zero-order chi connectivity index (χ0) is 24.0. The third kappa shape index (κ3) is 7.45. The molecule has 1 fully saturated rings. The van der Waals surface area contributed by atoms with E-state index in [0.717, 1.165) is 25.2 Å². The summed E-state index contributed by atoms with van der Waals surface area (Å²) in [6.45, 7) is 4.31. The van der Waals surface area contributed by atoms with Gasteiger partial charge in [0.15, 0.2) is 12.2 Å². The van der Waals surface area contributed by atoms with Gasteiger partial charge in [0, 0.05) is 32.2 Å². The molecule has 5 atom stereocenters. The van der Waals surface area contributed by atoms with Gasteiger partial charge in [-0.3, -0.25) is 19.2 Å². The van der Waals surface area contributed by atoms with E-state index in [4.69, 9.17) is 28.4 Å². The Morgan fingerprint density at radius 1 is 0.844 bits per heavy atom. The fourth-order valence-corrected chi connectivity index (χ4v) is 4.12. The van der Waals surface area contributed by atoms with Gasteiger partial charge in [-0.2, -0.15) is 0 Å². The van der Waals surface area contributed by atoms with Crippen LogP contribution in [0.2, 0.25) is 0 Å². The molecular formula is C20H22Br2O10. The summed E-state index contributed by atoms with van der Waals surface area (Å²) in [5.41, 5.74) is 0. The molecule has 1 aliphatic heterocycles. The van der Waals surface area contributed by atoms with Crippen molar-refractivity contribution in [2.24, 2.45) is 0 Å². The van der Waals surface area contributed by atoms with Crippen molar-refractivity contribution >= 4 is 55.7 Å². The van der Waals surface area contributed by atoms with Crippen molar-refractivity contribution < 1.29 is 47.6 Å². The minimum atomic E-state index is -1.30. The summed E-state index contributed by atoms with van der Waals surface area (Å²) in [5, 5.41) is 0. The van der Waals surface area contributed by atoms with Crippen LogP contribution in [0.25, 0.3) is 0 Å². The molecule has 0 unspecified atom stereocenters. The molecule has 1 aromatic rings. The van der Waals surface area contributed by atoms with Crippen molar-refractivity contribution in [3.05, 3.63) is 27.1 Å². The van der Waals surface area contributed by atoms with Crippen LogP contribution >= 0.6 is 31.9 Å². The van der Waals surface area contributed by atoms with E-state index >= 15 is 0 Å². The van der Waals surface area contributed by atoms with Gasteiger partial charge in [0.2, 0.25) is 12.4 Å². The number of rotatable bonds is 7. The highest BCUT2D eigenvalue weighted by molar-refractivity contribution is 9.11. The minimum Gasteiger partial charge on any atom is -0.463 e. The van der Waals surface area contributed by atoms with Crippen LogP contribution in [0.4, 0.5) is 0 Å². The zero-order valence-electron chi connectivity index (χ0n) is 17.7. The van der Waals surface area contributed by atoms with Gasteiger partial charge in [-0.15, -0.1) is 0 Å². The predicted molar refractivity (Wildman–Crippen MR) is 114 cm³/mol. The minimum absolute atomic E-state index is 0.328. The first-order valence-electron chi connectivity index (χ1n) is 9.40. The fraction of sp³-hybridized carbons (Fsp3) is 0.500. The Labute approximate surface area is 201 Å². The van der Waals surface area contributed by atoms with Gasteiger partial charge < -0.3 is 28.4 Å². The van der Waals surface area contributed by atoms with Crippen LogP contribution in [0.5, 0.6) is 5.75 Å². The van der Waals surface area contributed by atoms with Crippen molar-refractivity contribution in [1.29, 1.82) is 0 Å². The normalized spacial score (nSPS) is 24.8. The maximum absolute atomic E-state index is 11.8. The molecule has 10 nitrogen and oxygen atoms in total. The first-order valence-corrected chi connectivity index (χ1v) is 11.0. The highest BCUT2D eigenvalue weighted by Gasteiger charge is 2.53. The van der Waals surface area contributed by atoms with E-state index in [2.05, 4.69) is 31.9 Å². The molecule has 0 spiro atoms. The lowest BCUT2D eigenvalue weighted by Crippen LogP contribution is -2.63. The standard InChI is InChI=1S/C20H22Br2O10/c1-9(23)27-8-16-17(28-10(2)24)18(29-11(3)25)19(30-12(4)26)20(32-16)31-15-6-5-13(21)7-14(15)22/h5-7,16-20H,8H2,1-4H3/t16-,17-,18+,19-,20-/m0/s1. The molecule has 1 heterocycles. The molecule has 12 heteroatoms. The van der Waals surface area contributed by atoms with E-state index in [9.17, 15) is 19.2 Å². The molecule has 0 amide bonds. The Morgan fingerprint density at radius 2 is 1.41 bits per heavy atom. The van der Waals surface area contributed by atoms with Gasteiger partial charge in [0.05, 0.1) is 4.47 Å². The molecule has 0 aliphatic carbocycles. The van der Waals surface area contributed by atoms with Crippen LogP contribution < -0.4 is 4.74 Å². The van der Waals surface area contributed by atoms with E-state index in [1.807, 2.05) is 0 Å². The highest BCUT2D eigenvalue weighted by Crippen LogP contribution is 2.34. The summed E-state index contributed by atoms with van der Waals surface area (Å²) in [5.74, 6) is -2.41. The van der Waals surface area contributed by atoms with Crippen molar-refractivity contribution in [2.75, 3.05) is 6.61 Å². The Balaban J connectivity index is 2.47. The quantitative estimate of drug-likeness (QED) is 0.350. The van der Waals surface area contributed by atoms with Gasteiger partial charge in [0.1, 0.15) is 18.5 Å². The van der Waals surface area contributed by atoms with Gasteiger partial charge in [-0.25, -0.2) is 0 Å². The Hall–Kier alpha value is -2.18. The van der Waals surface area contributed by atoms with Gasteiger partial charge >= 0.3 is 23.9 Å². The molecule has 0 bridgehead atoms. The Bertz CT molecular complexity index is 874. The maximum Gasteiger partial charge on any atom is 0.303 e. The summed E-state index contributed by atoms with van der Waals surface area (Å²) in [4.78, 5) is 46.7. The fourth-order valence-electron chi connectivity index (χ4n) is 2.98. The average Bonchev–Trinajstić information content (AvgIpc) is 2.65. The lowest BCUT2D eigenvalue weighted by Gasteiger charge is -2.44. The number of carbonyl (C=O) groups is 4. The molecule has 0 N–H and O–H groups in total. The second-order valence-corrected chi connectivity index (χ2v) is 8.53. The molecule has 1 saturated heterocycles. The smallest absolute Gasteiger partial charge is 0.303 e. The van der Waals surface area contributed by atoms with Gasteiger partial charge in [-0.1, -0.05) is 15.9 Å². The van der Waals surface area contributed by atoms with Crippen molar-refractivity contribution in [2.45, 2.75) is 58.4 Å². The van der Waals surface area contributed by atoms with E-state index in [1.54, 1.807) is 18.2 Å². The van der Waals surface area contributed by atoms with Crippen molar-refractivity contribution in [3.8, 4) is 5.75 Å². The Kier molecular flexibility index (Phi) is 9.47. The number of carbonyl (C=O) groups excluding carboxylic acids is 4. The number of ether oxygens (including phenoxy) is 6. The molecule has 1 aromatic carbocycles. The maximum atomic E-state index is 11.8. The number of benzene rings is 1. The van der Waals surface area contributed by atoms with E-state index < -0.39 is 54.6 Å². The summed E-state index contributed by atoms with van der Waals surface area (Å²) >= 11 is 6.70. The Morgan fingerprint density at radius 3 is 1.94 bits per heavy atom. The third-order valence-electron chi connectivity index (χ3n) is 4.09. The lowest BCUT2D eigenvalue weighted by atomic mass is 9.98. The van der Waals surface area contributed by atoms with Crippen LogP contribution in [-0.2, 0) is 42.9 Å².